The predicted molar refractivity (Wildman–Crippen MR) is 67.3 cm³/mol. The fourth-order valence-corrected chi connectivity index (χ4v) is 2.79. The maximum Gasteiger partial charge on any atom is 0.261 e. The zero-order valence-corrected chi connectivity index (χ0v) is 10.8. The number of hydrogen-bond donors (Lipinski definition) is 1. The summed E-state index contributed by atoms with van der Waals surface area (Å²) in [4.78, 5) is 14.8. The van der Waals surface area contributed by atoms with E-state index in [2.05, 4.69) is 17.3 Å². The molecule has 2 rings (SSSR count). The lowest BCUT2D eigenvalue weighted by molar-refractivity contribution is 0.0921. The highest BCUT2D eigenvalue weighted by atomic mass is 35.5. The summed E-state index contributed by atoms with van der Waals surface area (Å²) in [5, 5.41) is 3.06. The lowest BCUT2D eigenvalue weighted by Crippen LogP contribution is -2.43. The van der Waals surface area contributed by atoms with Gasteiger partial charge in [0, 0.05) is 6.04 Å². The van der Waals surface area contributed by atoms with Crippen molar-refractivity contribution in [1.82, 2.24) is 10.2 Å². The van der Waals surface area contributed by atoms with Gasteiger partial charge in [-0.15, -0.1) is 11.3 Å². The molecule has 5 heteroatoms. The van der Waals surface area contributed by atoms with E-state index in [0.29, 0.717) is 15.3 Å². The Kier molecular flexibility index (Phi) is 3.84. The Labute approximate surface area is 104 Å². The molecule has 1 aromatic heterocycles. The summed E-state index contributed by atoms with van der Waals surface area (Å²) >= 11 is 7.13. The number of piperidine rings is 1. The highest BCUT2D eigenvalue weighted by molar-refractivity contribution is 7.17. The van der Waals surface area contributed by atoms with Crippen LogP contribution in [-0.4, -0.2) is 37.0 Å². The van der Waals surface area contributed by atoms with Gasteiger partial charge in [-0.25, -0.2) is 0 Å². The summed E-state index contributed by atoms with van der Waals surface area (Å²) in [7, 11) is 2.11. The van der Waals surface area contributed by atoms with E-state index >= 15 is 0 Å². The van der Waals surface area contributed by atoms with Gasteiger partial charge in [-0.2, -0.15) is 0 Å². The molecule has 0 unspecified atom stereocenters. The van der Waals surface area contributed by atoms with E-state index in [-0.39, 0.29) is 5.91 Å². The SMILES string of the molecule is CN1CCC(NC(=O)c2ccc(Cl)s2)CC1. The largest absolute Gasteiger partial charge is 0.349 e. The molecule has 0 aliphatic carbocycles. The smallest absolute Gasteiger partial charge is 0.261 e. The van der Waals surface area contributed by atoms with Gasteiger partial charge >= 0.3 is 0 Å². The average molecular weight is 259 g/mol. The number of carbonyl (C=O) groups excluding carboxylic acids is 1. The number of hydrogen-bond acceptors (Lipinski definition) is 3. The molecule has 1 amide bonds. The highest BCUT2D eigenvalue weighted by Gasteiger charge is 2.19. The van der Waals surface area contributed by atoms with Gasteiger partial charge in [0.1, 0.15) is 0 Å². The Morgan fingerprint density at radius 1 is 1.50 bits per heavy atom. The van der Waals surface area contributed by atoms with Crippen molar-refractivity contribution in [2.45, 2.75) is 18.9 Å². The third-order valence-corrected chi connectivity index (χ3v) is 4.08. The second-order valence-corrected chi connectivity index (χ2v) is 5.87. The van der Waals surface area contributed by atoms with Crippen LogP contribution in [-0.2, 0) is 0 Å². The van der Waals surface area contributed by atoms with Crippen molar-refractivity contribution in [2.75, 3.05) is 20.1 Å². The maximum absolute atomic E-state index is 11.8. The third-order valence-electron chi connectivity index (χ3n) is 2.85. The van der Waals surface area contributed by atoms with E-state index < -0.39 is 0 Å². The van der Waals surface area contributed by atoms with Gasteiger partial charge in [-0.3, -0.25) is 4.79 Å². The molecule has 1 saturated heterocycles. The minimum Gasteiger partial charge on any atom is -0.349 e. The van der Waals surface area contributed by atoms with Crippen molar-refractivity contribution < 1.29 is 4.79 Å². The number of carbonyl (C=O) groups is 1. The first-order valence-corrected chi connectivity index (χ1v) is 6.59. The molecule has 88 valence electrons. The molecule has 1 N–H and O–H groups in total. The topological polar surface area (TPSA) is 32.3 Å². The molecule has 0 saturated carbocycles. The van der Waals surface area contributed by atoms with Crippen LogP contribution in [0.15, 0.2) is 12.1 Å². The molecular formula is C11H15ClN2OS. The van der Waals surface area contributed by atoms with E-state index in [0.717, 1.165) is 25.9 Å². The third kappa shape index (κ3) is 2.97. The summed E-state index contributed by atoms with van der Waals surface area (Å²) in [6.45, 7) is 2.10. The second kappa shape index (κ2) is 5.17. The lowest BCUT2D eigenvalue weighted by Gasteiger charge is -2.29. The molecule has 0 radical (unpaired) electrons. The molecule has 0 bridgehead atoms. The first-order chi connectivity index (χ1) is 7.65. The summed E-state index contributed by atoms with van der Waals surface area (Å²) in [6, 6.07) is 3.84. The lowest BCUT2D eigenvalue weighted by atomic mass is 10.1. The van der Waals surface area contributed by atoms with Crippen LogP contribution in [0.1, 0.15) is 22.5 Å². The van der Waals surface area contributed by atoms with Crippen LogP contribution >= 0.6 is 22.9 Å². The van der Waals surface area contributed by atoms with Crippen LogP contribution in [0, 0.1) is 0 Å². The number of rotatable bonds is 2. The Morgan fingerprint density at radius 3 is 2.75 bits per heavy atom. The van der Waals surface area contributed by atoms with Crippen LogP contribution < -0.4 is 5.32 Å². The molecule has 3 nitrogen and oxygen atoms in total. The number of likely N-dealkylation sites (tertiary alicyclic amines) is 1. The standard InChI is InChI=1S/C11H15ClN2OS/c1-14-6-4-8(5-7-14)13-11(15)9-2-3-10(12)16-9/h2-3,8H,4-7H2,1H3,(H,13,15). The average Bonchev–Trinajstić information content (AvgIpc) is 2.68. The summed E-state index contributed by atoms with van der Waals surface area (Å²) < 4.78 is 0.661. The van der Waals surface area contributed by atoms with Gasteiger partial charge in [0.25, 0.3) is 5.91 Å². The molecular weight excluding hydrogens is 244 g/mol. The molecule has 1 aromatic rings. The summed E-state index contributed by atoms with van der Waals surface area (Å²) in [5.74, 6) is 0.00598. The number of nitrogens with zero attached hydrogens (tertiary/aromatic N) is 1. The zero-order valence-electron chi connectivity index (χ0n) is 9.20. The van der Waals surface area contributed by atoms with Crippen molar-refractivity contribution >= 4 is 28.8 Å². The van der Waals surface area contributed by atoms with Crippen LogP contribution in [0.4, 0.5) is 0 Å². The van der Waals surface area contributed by atoms with Crippen molar-refractivity contribution in [2.24, 2.45) is 0 Å². The van der Waals surface area contributed by atoms with Crippen LogP contribution in [0.2, 0.25) is 4.34 Å². The molecule has 1 aliphatic rings. The molecule has 1 fully saturated rings. The number of thiophene rings is 1. The Morgan fingerprint density at radius 2 is 2.19 bits per heavy atom. The van der Waals surface area contributed by atoms with E-state index in [1.54, 1.807) is 12.1 Å². The molecule has 1 aliphatic heterocycles. The minimum absolute atomic E-state index is 0.00598. The van der Waals surface area contributed by atoms with Crippen molar-refractivity contribution in [3.63, 3.8) is 0 Å². The fraction of sp³-hybridized carbons (Fsp3) is 0.545. The van der Waals surface area contributed by atoms with Gasteiger partial charge in [0.15, 0.2) is 0 Å². The quantitative estimate of drug-likeness (QED) is 0.882. The van der Waals surface area contributed by atoms with Crippen molar-refractivity contribution in [3.05, 3.63) is 21.3 Å². The molecule has 0 aromatic carbocycles. The predicted octanol–water partition coefficient (Wildman–Crippen LogP) is 2.23. The number of amides is 1. The molecule has 2 heterocycles. The second-order valence-electron chi connectivity index (χ2n) is 4.15. The van der Waals surface area contributed by atoms with Crippen LogP contribution in [0.25, 0.3) is 0 Å². The zero-order chi connectivity index (χ0) is 11.5. The van der Waals surface area contributed by atoms with E-state index in [4.69, 9.17) is 11.6 Å². The van der Waals surface area contributed by atoms with E-state index in [9.17, 15) is 4.79 Å². The Balaban J connectivity index is 1.88. The van der Waals surface area contributed by atoms with Crippen molar-refractivity contribution in [1.29, 1.82) is 0 Å². The van der Waals surface area contributed by atoms with Crippen molar-refractivity contribution in [3.8, 4) is 0 Å². The van der Waals surface area contributed by atoms with Gasteiger partial charge in [0.2, 0.25) is 0 Å². The molecule has 0 spiro atoms. The minimum atomic E-state index is 0.00598. The fourth-order valence-electron chi connectivity index (χ4n) is 1.85. The van der Waals surface area contributed by atoms with E-state index in [1.807, 2.05) is 0 Å². The van der Waals surface area contributed by atoms with Crippen LogP contribution in [0.5, 0.6) is 0 Å². The van der Waals surface area contributed by atoms with Crippen LogP contribution in [0.3, 0.4) is 0 Å². The normalized spacial score (nSPS) is 18.6. The first kappa shape index (κ1) is 11.9. The van der Waals surface area contributed by atoms with Gasteiger partial charge < -0.3 is 10.2 Å². The maximum atomic E-state index is 11.8. The van der Waals surface area contributed by atoms with Gasteiger partial charge in [0.05, 0.1) is 9.21 Å². The summed E-state index contributed by atoms with van der Waals surface area (Å²) in [5.41, 5.74) is 0. The number of halogens is 1. The molecule has 16 heavy (non-hydrogen) atoms. The highest BCUT2D eigenvalue weighted by Crippen LogP contribution is 2.21. The van der Waals surface area contributed by atoms with Gasteiger partial charge in [-0.05, 0) is 45.1 Å². The first-order valence-electron chi connectivity index (χ1n) is 5.40. The Bertz CT molecular complexity index is 372. The molecule has 0 atom stereocenters. The van der Waals surface area contributed by atoms with Gasteiger partial charge in [-0.1, -0.05) is 11.6 Å². The van der Waals surface area contributed by atoms with E-state index in [1.165, 1.54) is 11.3 Å². The monoisotopic (exact) mass is 258 g/mol. The summed E-state index contributed by atoms with van der Waals surface area (Å²) in [6.07, 6.45) is 2.06. The number of nitrogens with one attached hydrogen (secondary N) is 1. The Hall–Kier alpha value is -0.580.